The van der Waals surface area contributed by atoms with Gasteiger partial charge in [0.2, 0.25) is 21.8 Å². The van der Waals surface area contributed by atoms with Crippen LogP contribution >= 0.6 is 11.6 Å². The second kappa shape index (κ2) is 11.7. The summed E-state index contributed by atoms with van der Waals surface area (Å²) in [6.45, 7) is 9.57. The van der Waals surface area contributed by atoms with Gasteiger partial charge in [0.1, 0.15) is 12.6 Å². The molecule has 0 spiro atoms. The molecule has 0 radical (unpaired) electrons. The summed E-state index contributed by atoms with van der Waals surface area (Å²) in [5, 5.41) is 3.36. The van der Waals surface area contributed by atoms with Crippen LogP contribution in [0.15, 0.2) is 42.5 Å². The topological polar surface area (TPSA) is 86.8 Å². The van der Waals surface area contributed by atoms with Gasteiger partial charge >= 0.3 is 0 Å². The van der Waals surface area contributed by atoms with Gasteiger partial charge in [-0.15, -0.1) is 0 Å². The SMILES string of the molecule is Cc1ccc(N(CC(=O)N(Cc2cccc(Cl)c2)[C@H](C)C(=O)NCC(C)C)S(C)(=O)=O)cc1C. The Morgan fingerprint density at radius 3 is 2.26 bits per heavy atom. The van der Waals surface area contributed by atoms with Gasteiger partial charge in [0.15, 0.2) is 0 Å². The number of halogens is 1. The van der Waals surface area contributed by atoms with Crippen LogP contribution in [0.4, 0.5) is 5.69 Å². The molecule has 1 N–H and O–H groups in total. The first kappa shape index (κ1) is 27.7. The second-order valence-corrected chi connectivity index (χ2v) is 11.3. The smallest absolute Gasteiger partial charge is 0.244 e. The van der Waals surface area contributed by atoms with Crippen molar-refractivity contribution in [3.8, 4) is 0 Å². The highest BCUT2D eigenvalue weighted by Crippen LogP contribution is 2.22. The zero-order valence-electron chi connectivity index (χ0n) is 20.6. The van der Waals surface area contributed by atoms with Gasteiger partial charge in [-0.2, -0.15) is 0 Å². The highest BCUT2D eigenvalue weighted by Gasteiger charge is 2.30. The number of hydrogen-bond acceptors (Lipinski definition) is 4. The monoisotopic (exact) mass is 507 g/mol. The summed E-state index contributed by atoms with van der Waals surface area (Å²) in [6.07, 6.45) is 1.07. The minimum atomic E-state index is -3.76. The Morgan fingerprint density at radius 1 is 1.03 bits per heavy atom. The van der Waals surface area contributed by atoms with E-state index in [9.17, 15) is 18.0 Å². The molecule has 9 heteroatoms. The molecule has 2 amide bonds. The summed E-state index contributed by atoms with van der Waals surface area (Å²) in [5.41, 5.74) is 3.07. The molecule has 0 aliphatic rings. The molecule has 34 heavy (non-hydrogen) atoms. The van der Waals surface area contributed by atoms with E-state index in [0.29, 0.717) is 17.3 Å². The van der Waals surface area contributed by atoms with Gasteiger partial charge in [-0.25, -0.2) is 8.42 Å². The summed E-state index contributed by atoms with van der Waals surface area (Å²) < 4.78 is 26.3. The summed E-state index contributed by atoms with van der Waals surface area (Å²) in [5.74, 6) is -0.546. The molecule has 1 atom stereocenters. The van der Waals surface area contributed by atoms with Gasteiger partial charge in [-0.1, -0.05) is 43.6 Å². The van der Waals surface area contributed by atoms with Crippen molar-refractivity contribution in [1.29, 1.82) is 0 Å². The molecule has 0 saturated carbocycles. The van der Waals surface area contributed by atoms with Crippen LogP contribution in [0.3, 0.4) is 0 Å². The summed E-state index contributed by atoms with van der Waals surface area (Å²) in [6, 6.07) is 11.4. The fraction of sp³-hybridized carbons (Fsp3) is 0.440. The van der Waals surface area contributed by atoms with E-state index >= 15 is 0 Å². The molecule has 186 valence electrons. The van der Waals surface area contributed by atoms with Gasteiger partial charge in [0, 0.05) is 18.1 Å². The third-order valence-corrected chi connectivity index (χ3v) is 6.93. The maximum Gasteiger partial charge on any atom is 0.244 e. The number of carbonyl (C=O) groups excluding carboxylic acids is 2. The molecule has 2 aromatic rings. The molecule has 0 aliphatic carbocycles. The lowest BCUT2D eigenvalue weighted by molar-refractivity contribution is -0.139. The lowest BCUT2D eigenvalue weighted by Crippen LogP contribution is -2.51. The maximum atomic E-state index is 13.5. The highest BCUT2D eigenvalue weighted by atomic mass is 35.5. The van der Waals surface area contributed by atoms with Gasteiger partial charge < -0.3 is 10.2 Å². The molecule has 2 aromatic carbocycles. The van der Waals surface area contributed by atoms with E-state index in [2.05, 4.69) is 5.32 Å². The number of rotatable bonds is 10. The fourth-order valence-electron chi connectivity index (χ4n) is 3.36. The van der Waals surface area contributed by atoms with Crippen LogP contribution < -0.4 is 9.62 Å². The average Bonchev–Trinajstić information content (AvgIpc) is 2.74. The first-order valence-corrected chi connectivity index (χ1v) is 13.4. The number of hydrogen-bond donors (Lipinski definition) is 1. The minimum absolute atomic E-state index is 0.111. The van der Waals surface area contributed by atoms with Crippen LogP contribution in [-0.2, 0) is 26.2 Å². The lowest BCUT2D eigenvalue weighted by atomic mass is 10.1. The van der Waals surface area contributed by atoms with Gasteiger partial charge in [-0.3, -0.25) is 13.9 Å². The van der Waals surface area contributed by atoms with E-state index in [-0.39, 0.29) is 18.4 Å². The molecule has 0 saturated heterocycles. The van der Waals surface area contributed by atoms with Crippen molar-refractivity contribution >= 4 is 39.1 Å². The maximum absolute atomic E-state index is 13.5. The van der Waals surface area contributed by atoms with Gasteiger partial charge in [0.25, 0.3) is 0 Å². The van der Waals surface area contributed by atoms with Crippen molar-refractivity contribution in [2.45, 2.75) is 47.2 Å². The second-order valence-electron chi connectivity index (χ2n) is 9.00. The number of nitrogens with one attached hydrogen (secondary N) is 1. The molecule has 0 heterocycles. The Labute approximate surface area is 208 Å². The molecule has 0 aromatic heterocycles. The van der Waals surface area contributed by atoms with Crippen molar-refractivity contribution in [2.75, 3.05) is 23.7 Å². The molecule has 7 nitrogen and oxygen atoms in total. The summed E-state index contributed by atoms with van der Waals surface area (Å²) in [4.78, 5) is 27.7. The Morgan fingerprint density at radius 2 is 1.71 bits per heavy atom. The first-order chi connectivity index (χ1) is 15.8. The van der Waals surface area contributed by atoms with Crippen molar-refractivity contribution in [3.63, 3.8) is 0 Å². The zero-order valence-corrected chi connectivity index (χ0v) is 22.2. The van der Waals surface area contributed by atoms with Crippen LogP contribution in [0.1, 0.15) is 37.5 Å². The van der Waals surface area contributed by atoms with Crippen LogP contribution in [0.5, 0.6) is 0 Å². The van der Waals surface area contributed by atoms with E-state index in [1.807, 2.05) is 39.8 Å². The van der Waals surface area contributed by atoms with Gasteiger partial charge in [0.05, 0.1) is 11.9 Å². The number of nitrogens with zero attached hydrogens (tertiary/aromatic N) is 2. The largest absolute Gasteiger partial charge is 0.354 e. The predicted molar refractivity (Wildman–Crippen MR) is 137 cm³/mol. The van der Waals surface area contributed by atoms with Crippen molar-refractivity contribution in [2.24, 2.45) is 5.92 Å². The highest BCUT2D eigenvalue weighted by molar-refractivity contribution is 7.92. The first-order valence-electron chi connectivity index (χ1n) is 11.2. The van der Waals surface area contributed by atoms with Crippen molar-refractivity contribution in [1.82, 2.24) is 10.2 Å². The quantitative estimate of drug-likeness (QED) is 0.528. The molecule has 2 rings (SSSR count). The molecule has 0 bridgehead atoms. The van der Waals surface area contributed by atoms with E-state index in [1.54, 1.807) is 37.3 Å². The normalized spacial score (nSPS) is 12.4. The van der Waals surface area contributed by atoms with Gasteiger partial charge in [-0.05, 0) is 67.6 Å². The number of amides is 2. The number of carbonyl (C=O) groups is 2. The standard InChI is InChI=1S/C25H34ClN3O4S/c1-17(2)14-27-25(31)20(5)28(15-21-8-7-9-22(26)13-21)24(30)16-29(34(6,32)33)23-11-10-18(3)19(4)12-23/h7-13,17,20H,14-16H2,1-6H3,(H,27,31)/t20-/m1/s1. The Hall–Kier alpha value is -2.58. The van der Waals surface area contributed by atoms with Crippen LogP contribution in [-0.4, -0.2) is 50.5 Å². The van der Waals surface area contributed by atoms with Crippen molar-refractivity contribution in [3.05, 3.63) is 64.2 Å². The Kier molecular flexibility index (Phi) is 9.53. The summed E-state index contributed by atoms with van der Waals surface area (Å²) in [7, 11) is -3.76. The fourth-order valence-corrected chi connectivity index (χ4v) is 4.42. The molecule has 0 unspecified atom stereocenters. The van der Waals surface area contributed by atoms with E-state index < -0.39 is 28.5 Å². The molecular weight excluding hydrogens is 474 g/mol. The number of sulfonamides is 1. The Bertz CT molecular complexity index is 1130. The summed E-state index contributed by atoms with van der Waals surface area (Å²) >= 11 is 6.12. The average molecular weight is 508 g/mol. The number of benzene rings is 2. The molecule has 0 aliphatic heterocycles. The van der Waals surface area contributed by atoms with Crippen molar-refractivity contribution < 1.29 is 18.0 Å². The van der Waals surface area contributed by atoms with Crippen LogP contribution in [0.2, 0.25) is 5.02 Å². The van der Waals surface area contributed by atoms with E-state index in [4.69, 9.17) is 11.6 Å². The predicted octanol–water partition coefficient (Wildman–Crippen LogP) is 3.91. The van der Waals surface area contributed by atoms with Crippen LogP contribution in [0.25, 0.3) is 0 Å². The zero-order chi connectivity index (χ0) is 25.6. The molecule has 0 fully saturated rings. The minimum Gasteiger partial charge on any atom is -0.354 e. The van der Waals surface area contributed by atoms with E-state index in [1.165, 1.54) is 4.90 Å². The number of aryl methyl sites for hydroxylation is 2. The third-order valence-electron chi connectivity index (χ3n) is 5.55. The lowest BCUT2D eigenvalue weighted by Gasteiger charge is -2.31. The number of anilines is 1. The molecular formula is C25H34ClN3O4S. The van der Waals surface area contributed by atoms with Crippen LogP contribution in [0, 0.1) is 19.8 Å². The Balaban J connectivity index is 2.39. The van der Waals surface area contributed by atoms with E-state index in [0.717, 1.165) is 27.3 Å². The third kappa shape index (κ3) is 7.74.